The molecule has 2 heteroatoms. The highest BCUT2D eigenvalue weighted by molar-refractivity contribution is 5.70. The fourth-order valence-electron chi connectivity index (χ4n) is 3.97. The molecule has 0 aromatic rings. The molecule has 0 N–H and O–H groups in total. The van der Waals surface area contributed by atoms with Gasteiger partial charge in [-0.25, -0.2) is 0 Å². The second kappa shape index (κ2) is 5.22. The van der Waals surface area contributed by atoms with E-state index < -0.39 is 0 Å². The van der Waals surface area contributed by atoms with Crippen molar-refractivity contribution in [2.75, 3.05) is 0 Å². The summed E-state index contributed by atoms with van der Waals surface area (Å²) in [4.78, 5) is 12.0. The van der Waals surface area contributed by atoms with Crippen LogP contribution in [0.25, 0.3) is 0 Å². The zero-order chi connectivity index (χ0) is 14.1. The van der Waals surface area contributed by atoms with Crippen LogP contribution in [0, 0.1) is 22.7 Å². The summed E-state index contributed by atoms with van der Waals surface area (Å²) in [5, 5.41) is 0. The van der Waals surface area contributed by atoms with Crippen LogP contribution >= 0.6 is 0 Å². The van der Waals surface area contributed by atoms with Crippen molar-refractivity contribution in [1.29, 1.82) is 0 Å². The van der Waals surface area contributed by atoms with Gasteiger partial charge in [-0.05, 0) is 24.7 Å². The van der Waals surface area contributed by atoms with Gasteiger partial charge in [0.2, 0.25) is 0 Å². The van der Waals surface area contributed by atoms with Gasteiger partial charge in [-0.3, -0.25) is 4.79 Å². The first kappa shape index (κ1) is 15.5. The van der Waals surface area contributed by atoms with Crippen molar-refractivity contribution < 1.29 is 9.53 Å². The highest BCUT2D eigenvalue weighted by Gasteiger charge is 2.48. The van der Waals surface area contributed by atoms with E-state index >= 15 is 0 Å². The van der Waals surface area contributed by atoms with E-state index in [4.69, 9.17) is 4.74 Å². The standard InChI is InChI=1S/C16H30O2/c1-11(2)8-13(17)18-14-15(4,5)9-12(3)10-16(14,6)7/h11-12,14H,8-10H2,1-7H3. The number of carbonyl (C=O) groups is 1. The van der Waals surface area contributed by atoms with Gasteiger partial charge < -0.3 is 4.74 Å². The van der Waals surface area contributed by atoms with E-state index in [1.54, 1.807) is 0 Å². The number of hydrogen-bond donors (Lipinski definition) is 0. The normalized spacial score (nSPS) is 30.2. The molecule has 1 rings (SSSR count). The first-order valence-electron chi connectivity index (χ1n) is 7.24. The Balaban J connectivity index is 2.80. The lowest BCUT2D eigenvalue weighted by Gasteiger charge is -2.50. The summed E-state index contributed by atoms with van der Waals surface area (Å²) < 4.78 is 5.84. The molecule has 0 aromatic heterocycles. The molecule has 2 nitrogen and oxygen atoms in total. The third-order valence-corrected chi connectivity index (χ3v) is 3.99. The van der Waals surface area contributed by atoms with E-state index in [1.807, 2.05) is 0 Å². The Labute approximate surface area is 112 Å². The van der Waals surface area contributed by atoms with E-state index in [-0.39, 0.29) is 22.9 Å². The van der Waals surface area contributed by atoms with Gasteiger partial charge in [0.05, 0.1) is 0 Å². The summed E-state index contributed by atoms with van der Waals surface area (Å²) in [6, 6.07) is 0. The fourth-order valence-corrected chi connectivity index (χ4v) is 3.97. The van der Waals surface area contributed by atoms with Crippen LogP contribution < -0.4 is 0 Å². The number of ether oxygens (including phenoxy) is 1. The summed E-state index contributed by atoms with van der Waals surface area (Å²) in [5.41, 5.74) is 0.154. The zero-order valence-electron chi connectivity index (χ0n) is 13.2. The maximum atomic E-state index is 12.0. The van der Waals surface area contributed by atoms with Gasteiger partial charge >= 0.3 is 5.97 Å². The van der Waals surface area contributed by atoms with Crippen molar-refractivity contribution in [2.45, 2.75) is 73.8 Å². The van der Waals surface area contributed by atoms with Gasteiger partial charge in [0, 0.05) is 17.3 Å². The van der Waals surface area contributed by atoms with Crippen molar-refractivity contribution in [3.8, 4) is 0 Å². The Kier molecular flexibility index (Phi) is 4.51. The Bertz CT molecular complexity index is 284. The maximum Gasteiger partial charge on any atom is 0.306 e. The minimum absolute atomic E-state index is 0.0347. The van der Waals surface area contributed by atoms with Crippen molar-refractivity contribution >= 4 is 5.97 Å². The van der Waals surface area contributed by atoms with Crippen LogP contribution in [0.5, 0.6) is 0 Å². The van der Waals surface area contributed by atoms with Gasteiger partial charge in [0.25, 0.3) is 0 Å². The number of carbonyl (C=O) groups excluding carboxylic acids is 1. The van der Waals surface area contributed by atoms with Crippen LogP contribution in [0.1, 0.15) is 67.7 Å². The lowest BCUT2D eigenvalue weighted by Crippen LogP contribution is -2.50. The molecule has 1 saturated carbocycles. The first-order chi connectivity index (χ1) is 8.04. The summed E-state index contributed by atoms with van der Waals surface area (Å²) >= 11 is 0. The zero-order valence-corrected chi connectivity index (χ0v) is 13.2. The van der Waals surface area contributed by atoms with E-state index in [9.17, 15) is 4.79 Å². The van der Waals surface area contributed by atoms with Crippen LogP contribution in [0.2, 0.25) is 0 Å². The van der Waals surface area contributed by atoms with Crippen molar-refractivity contribution in [2.24, 2.45) is 22.7 Å². The molecule has 18 heavy (non-hydrogen) atoms. The molecule has 0 aliphatic heterocycles. The Morgan fingerprint density at radius 2 is 1.61 bits per heavy atom. The van der Waals surface area contributed by atoms with E-state index in [1.165, 1.54) is 0 Å². The Morgan fingerprint density at radius 3 is 2.00 bits per heavy atom. The molecule has 1 fully saturated rings. The molecule has 0 heterocycles. The van der Waals surface area contributed by atoms with E-state index in [2.05, 4.69) is 48.5 Å². The number of rotatable bonds is 3. The average molecular weight is 254 g/mol. The highest BCUT2D eigenvalue weighted by atomic mass is 16.5. The van der Waals surface area contributed by atoms with Gasteiger partial charge in [-0.1, -0.05) is 48.5 Å². The number of hydrogen-bond acceptors (Lipinski definition) is 2. The first-order valence-corrected chi connectivity index (χ1v) is 7.24. The summed E-state index contributed by atoms with van der Waals surface area (Å²) in [6.07, 6.45) is 2.83. The molecule has 0 amide bonds. The molecule has 0 saturated heterocycles. The summed E-state index contributed by atoms with van der Waals surface area (Å²) in [6.45, 7) is 15.3. The molecule has 106 valence electrons. The van der Waals surface area contributed by atoms with Gasteiger partial charge in [0.1, 0.15) is 6.10 Å². The van der Waals surface area contributed by atoms with Gasteiger partial charge in [-0.15, -0.1) is 0 Å². The predicted octanol–water partition coefficient (Wildman–Crippen LogP) is 4.43. The quantitative estimate of drug-likeness (QED) is 0.697. The van der Waals surface area contributed by atoms with Crippen molar-refractivity contribution in [3.05, 3.63) is 0 Å². The Hall–Kier alpha value is -0.530. The molecule has 0 bridgehead atoms. The molecule has 0 radical (unpaired) electrons. The van der Waals surface area contributed by atoms with Crippen LogP contribution in [-0.2, 0) is 9.53 Å². The topological polar surface area (TPSA) is 26.3 Å². The van der Waals surface area contributed by atoms with Crippen molar-refractivity contribution in [1.82, 2.24) is 0 Å². The highest BCUT2D eigenvalue weighted by Crippen LogP contribution is 2.50. The second-order valence-electron chi connectivity index (χ2n) is 7.96. The lowest BCUT2D eigenvalue weighted by atomic mass is 9.59. The van der Waals surface area contributed by atoms with Crippen LogP contribution in [-0.4, -0.2) is 12.1 Å². The van der Waals surface area contributed by atoms with Crippen LogP contribution in [0.15, 0.2) is 0 Å². The molecular formula is C16H30O2. The summed E-state index contributed by atoms with van der Waals surface area (Å²) in [5.74, 6) is 1.03. The molecule has 0 aromatic carbocycles. The lowest BCUT2D eigenvalue weighted by molar-refractivity contribution is -0.176. The molecule has 0 atom stereocenters. The summed E-state index contributed by atoms with van der Waals surface area (Å²) in [7, 11) is 0. The smallest absolute Gasteiger partial charge is 0.306 e. The minimum Gasteiger partial charge on any atom is -0.461 e. The van der Waals surface area contributed by atoms with E-state index in [0.717, 1.165) is 12.8 Å². The van der Waals surface area contributed by atoms with Gasteiger partial charge in [0.15, 0.2) is 0 Å². The fraction of sp³-hybridized carbons (Fsp3) is 0.938. The Morgan fingerprint density at radius 1 is 1.17 bits per heavy atom. The molecule has 1 aliphatic rings. The predicted molar refractivity (Wildman–Crippen MR) is 75.3 cm³/mol. The number of esters is 1. The SMILES string of the molecule is CC(C)CC(=O)OC1C(C)(C)CC(C)CC1(C)C. The molecular weight excluding hydrogens is 224 g/mol. The second-order valence-corrected chi connectivity index (χ2v) is 7.96. The average Bonchev–Trinajstić information content (AvgIpc) is 2.08. The monoisotopic (exact) mass is 254 g/mol. The third kappa shape index (κ3) is 3.73. The third-order valence-electron chi connectivity index (χ3n) is 3.99. The molecule has 0 spiro atoms. The molecule has 0 unspecified atom stereocenters. The molecule has 1 aliphatic carbocycles. The van der Waals surface area contributed by atoms with Gasteiger partial charge in [-0.2, -0.15) is 0 Å². The van der Waals surface area contributed by atoms with Crippen LogP contribution in [0.4, 0.5) is 0 Å². The largest absolute Gasteiger partial charge is 0.461 e. The maximum absolute atomic E-state index is 12.0. The minimum atomic E-state index is -0.0364. The van der Waals surface area contributed by atoms with E-state index in [0.29, 0.717) is 18.3 Å². The van der Waals surface area contributed by atoms with Crippen LogP contribution in [0.3, 0.4) is 0 Å². The van der Waals surface area contributed by atoms with Crippen molar-refractivity contribution in [3.63, 3.8) is 0 Å².